The second kappa shape index (κ2) is 37.0. The third-order valence-electron chi connectivity index (χ3n) is 9.06. The summed E-state index contributed by atoms with van der Waals surface area (Å²) in [4.78, 5) is 34.8. The molecule has 0 aromatic rings. The molecular formula is C38H82O8P2. The van der Waals surface area contributed by atoms with Crippen molar-refractivity contribution in [1.82, 2.24) is 0 Å². The molecule has 10 heteroatoms. The van der Waals surface area contributed by atoms with Gasteiger partial charge in [-0.1, -0.05) is 206 Å². The lowest BCUT2D eigenvalue weighted by Gasteiger charge is -2.13. The first-order valence-electron chi connectivity index (χ1n) is 20.4. The molecule has 292 valence electrons. The van der Waals surface area contributed by atoms with Crippen LogP contribution >= 0.6 is 15.6 Å². The van der Waals surface area contributed by atoms with Gasteiger partial charge in [0.25, 0.3) is 0 Å². The summed E-state index contributed by atoms with van der Waals surface area (Å²) in [5.41, 5.74) is 0. The zero-order valence-electron chi connectivity index (χ0n) is 32.1. The van der Waals surface area contributed by atoms with Crippen LogP contribution in [0.5, 0.6) is 0 Å². The predicted octanol–water partition coefficient (Wildman–Crippen LogP) is 13.5. The van der Waals surface area contributed by atoms with Crippen molar-refractivity contribution in [3.8, 4) is 0 Å². The van der Waals surface area contributed by atoms with Gasteiger partial charge in [-0.25, -0.2) is 9.13 Å². The zero-order valence-corrected chi connectivity index (χ0v) is 33.9. The molecule has 4 N–H and O–H groups in total. The van der Waals surface area contributed by atoms with E-state index in [2.05, 4.69) is 22.9 Å². The topological polar surface area (TPSA) is 134 Å². The molecule has 0 aromatic carbocycles. The van der Waals surface area contributed by atoms with Crippen LogP contribution in [0.25, 0.3) is 0 Å². The Hall–Kier alpha value is 0.220. The number of rotatable bonds is 36. The molecule has 8 nitrogen and oxygen atoms in total. The summed E-state index contributed by atoms with van der Waals surface area (Å²) < 4.78 is 30.6. The maximum Gasteiger partial charge on any atom is 0.469 e. The molecule has 0 amide bonds. The van der Waals surface area contributed by atoms with Crippen LogP contribution < -0.4 is 0 Å². The molecule has 0 saturated heterocycles. The quantitative estimate of drug-likeness (QED) is 0.0370. The Balaban J connectivity index is 0. The average Bonchev–Trinajstić information content (AvgIpc) is 2.99. The van der Waals surface area contributed by atoms with Gasteiger partial charge in [-0.3, -0.25) is 9.05 Å². The summed E-state index contributed by atoms with van der Waals surface area (Å²) in [6, 6.07) is 0. The van der Waals surface area contributed by atoms with Gasteiger partial charge in [0.1, 0.15) is 0 Å². The van der Waals surface area contributed by atoms with Crippen molar-refractivity contribution in [1.29, 1.82) is 0 Å². The molecule has 0 aromatic heterocycles. The largest absolute Gasteiger partial charge is 0.469 e. The van der Waals surface area contributed by atoms with Crippen molar-refractivity contribution >= 4 is 15.6 Å². The first kappa shape index (κ1) is 50.3. The summed E-state index contributed by atoms with van der Waals surface area (Å²) >= 11 is 0. The first-order chi connectivity index (χ1) is 22.9. The second-order valence-electron chi connectivity index (χ2n) is 14.3. The standard InChI is InChI=1S/C22H47O4P.C16H35O4P/c1-3-4-5-6-7-8-9-10-11-12-13-14-15-16-17-18-19-20-21-22(2)26-27(23,24)25;1-3-4-5-6-7-8-9-10-11-12-13-14-15-16(2)20-21(17,18)19/h22H,3-21H2,1-2H3,(H2,23,24,25);16H,3-15H2,1-2H3,(H2,17,18,19). The van der Waals surface area contributed by atoms with Crippen molar-refractivity contribution in [2.24, 2.45) is 0 Å². The lowest BCUT2D eigenvalue weighted by atomic mass is 10.0. The summed E-state index contributed by atoms with van der Waals surface area (Å²) in [6.45, 7) is 7.97. The van der Waals surface area contributed by atoms with E-state index in [0.29, 0.717) is 0 Å². The smallest absolute Gasteiger partial charge is 0.303 e. The van der Waals surface area contributed by atoms with E-state index < -0.39 is 15.6 Å². The van der Waals surface area contributed by atoms with Gasteiger partial charge in [-0.05, 0) is 26.7 Å². The molecule has 0 radical (unpaired) electrons. The molecule has 0 aliphatic carbocycles. The predicted molar refractivity (Wildman–Crippen MR) is 204 cm³/mol. The fourth-order valence-electron chi connectivity index (χ4n) is 6.18. The summed E-state index contributed by atoms with van der Waals surface area (Å²) in [5, 5.41) is 0. The minimum absolute atomic E-state index is 0.353. The summed E-state index contributed by atoms with van der Waals surface area (Å²) in [7, 11) is -8.62. The Bertz CT molecular complexity index is 727. The Kier molecular flexibility index (Phi) is 38.8. The summed E-state index contributed by atoms with van der Waals surface area (Å²) in [6.07, 6.45) is 40.6. The van der Waals surface area contributed by atoms with E-state index in [9.17, 15) is 9.13 Å². The molecule has 2 unspecified atom stereocenters. The highest BCUT2D eigenvalue weighted by atomic mass is 31.2. The van der Waals surface area contributed by atoms with Crippen LogP contribution in [0, 0.1) is 0 Å². The zero-order chi connectivity index (χ0) is 36.2. The minimum atomic E-state index is -4.32. The van der Waals surface area contributed by atoms with Crippen LogP contribution in [-0.4, -0.2) is 31.8 Å². The molecule has 0 spiro atoms. The van der Waals surface area contributed by atoms with Crippen LogP contribution in [-0.2, 0) is 18.2 Å². The molecule has 0 fully saturated rings. The average molecular weight is 729 g/mol. The van der Waals surface area contributed by atoms with Gasteiger partial charge in [-0.15, -0.1) is 0 Å². The van der Waals surface area contributed by atoms with Crippen LogP contribution in [0.3, 0.4) is 0 Å². The first-order valence-corrected chi connectivity index (χ1v) is 23.4. The number of hydrogen-bond acceptors (Lipinski definition) is 4. The molecule has 48 heavy (non-hydrogen) atoms. The van der Waals surface area contributed by atoms with Crippen molar-refractivity contribution in [2.75, 3.05) is 0 Å². The van der Waals surface area contributed by atoms with E-state index in [0.717, 1.165) is 38.5 Å². The molecule has 0 aliphatic rings. The van der Waals surface area contributed by atoms with E-state index in [1.54, 1.807) is 13.8 Å². The third-order valence-corrected chi connectivity index (χ3v) is 10.3. The normalized spacial score (nSPS) is 13.3. The Morgan fingerprint density at radius 1 is 0.354 bits per heavy atom. The van der Waals surface area contributed by atoms with Crippen molar-refractivity contribution < 1.29 is 37.8 Å². The Morgan fingerprint density at radius 3 is 0.688 bits per heavy atom. The van der Waals surface area contributed by atoms with E-state index in [-0.39, 0.29) is 12.2 Å². The fourth-order valence-corrected chi connectivity index (χ4v) is 7.33. The highest BCUT2D eigenvalue weighted by Gasteiger charge is 2.19. The molecular weight excluding hydrogens is 646 g/mol. The molecule has 0 aliphatic heterocycles. The molecule has 0 heterocycles. The van der Waals surface area contributed by atoms with Crippen LogP contribution in [0.15, 0.2) is 0 Å². The number of hydrogen-bond donors (Lipinski definition) is 4. The van der Waals surface area contributed by atoms with E-state index >= 15 is 0 Å². The maximum absolute atomic E-state index is 10.7. The second-order valence-corrected chi connectivity index (χ2v) is 16.7. The van der Waals surface area contributed by atoms with Gasteiger partial charge in [0.15, 0.2) is 0 Å². The van der Waals surface area contributed by atoms with Crippen LogP contribution in [0.2, 0.25) is 0 Å². The fraction of sp³-hybridized carbons (Fsp3) is 1.00. The minimum Gasteiger partial charge on any atom is -0.303 e. The van der Waals surface area contributed by atoms with Gasteiger partial charge in [0, 0.05) is 0 Å². The molecule has 0 saturated carbocycles. The third kappa shape index (κ3) is 48.3. The van der Waals surface area contributed by atoms with E-state index in [4.69, 9.17) is 19.6 Å². The molecule has 2 atom stereocenters. The van der Waals surface area contributed by atoms with Crippen molar-refractivity contribution in [2.45, 2.75) is 245 Å². The lowest BCUT2D eigenvalue weighted by molar-refractivity contribution is 0.135. The van der Waals surface area contributed by atoms with Gasteiger partial charge < -0.3 is 19.6 Å². The van der Waals surface area contributed by atoms with Gasteiger partial charge in [0.2, 0.25) is 0 Å². The maximum atomic E-state index is 10.7. The van der Waals surface area contributed by atoms with Crippen molar-refractivity contribution in [3.63, 3.8) is 0 Å². The number of unbranched alkanes of at least 4 members (excludes halogenated alkanes) is 28. The Labute approximate surface area is 298 Å². The summed E-state index contributed by atoms with van der Waals surface area (Å²) in [5.74, 6) is 0. The van der Waals surface area contributed by atoms with Gasteiger partial charge in [0.05, 0.1) is 12.2 Å². The van der Waals surface area contributed by atoms with Crippen molar-refractivity contribution in [3.05, 3.63) is 0 Å². The highest BCUT2D eigenvalue weighted by Crippen LogP contribution is 2.39. The number of phosphoric acid groups is 2. The van der Waals surface area contributed by atoms with Crippen LogP contribution in [0.1, 0.15) is 233 Å². The number of phosphoric ester groups is 2. The monoisotopic (exact) mass is 729 g/mol. The highest BCUT2D eigenvalue weighted by molar-refractivity contribution is 7.46. The SMILES string of the molecule is CCCCCCCCCCCCCCC(C)OP(=O)(O)O.CCCCCCCCCCCCCCCCCCCCC(C)OP(=O)(O)O. The van der Waals surface area contributed by atoms with E-state index in [1.165, 1.54) is 167 Å². The van der Waals surface area contributed by atoms with Crippen LogP contribution in [0.4, 0.5) is 0 Å². The van der Waals surface area contributed by atoms with Gasteiger partial charge in [-0.2, -0.15) is 0 Å². The molecule has 0 bridgehead atoms. The van der Waals surface area contributed by atoms with Gasteiger partial charge >= 0.3 is 15.6 Å². The van der Waals surface area contributed by atoms with E-state index in [1.807, 2.05) is 0 Å². The molecule has 0 rings (SSSR count). The Morgan fingerprint density at radius 2 is 0.521 bits per heavy atom. The lowest BCUT2D eigenvalue weighted by Crippen LogP contribution is -2.05.